The predicted molar refractivity (Wildman–Crippen MR) is 104 cm³/mol. The van der Waals surface area contributed by atoms with Gasteiger partial charge in [-0.1, -0.05) is 0 Å². The zero-order valence-electron chi connectivity index (χ0n) is 16.0. The van der Waals surface area contributed by atoms with Crippen LogP contribution in [0.25, 0.3) is 0 Å². The average molecular weight is 400 g/mol. The molecule has 10 heteroatoms. The summed E-state index contributed by atoms with van der Waals surface area (Å²) in [7, 11) is 0. The van der Waals surface area contributed by atoms with Gasteiger partial charge in [0.15, 0.2) is 5.78 Å². The highest BCUT2D eigenvalue weighted by molar-refractivity contribution is 6.13. The average Bonchev–Trinajstić information content (AvgIpc) is 3.28. The third-order valence-electron chi connectivity index (χ3n) is 4.79. The third-order valence-corrected chi connectivity index (χ3v) is 4.79. The van der Waals surface area contributed by atoms with Gasteiger partial charge in [0, 0.05) is 24.7 Å². The van der Waals surface area contributed by atoms with E-state index in [1.54, 1.807) is 0 Å². The van der Waals surface area contributed by atoms with Gasteiger partial charge < -0.3 is 15.1 Å². The van der Waals surface area contributed by atoms with Crippen molar-refractivity contribution >= 4 is 34.9 Å². The van der Waals surface area contributed by atoms with Crippen LogP contribution >= 0.6 is 0 Å². The molecule has 0 atom stereocenters. The molecular weight excluding hydrogens is 380 g/mol. The number of carbonyl (C=O) groups is 3. The number of hydrogen-bond acceptors (Lipinski definition) is 7. The van der Waals surface area contributed by atoms with Crippen molar-refractivity contribution in [2.24, 2.45) is 5.73 Å². The number of rotatable bonds is 6. The molecule has 0 spiro atoms. The van der Waals surface area contributed by atoms with Crippen molar-refractivity contribution in [3.63, 3.8) is 0 Å². The first-order valence-electron chi connectivity index (χ1n) is 8.99. The summed E-state index contributed by atoms with van der Waals surface area (Å²) in [5.74, 6) is -2.23. The molecular formula is C19H20N4O6. The monoisotopic (exact) mass is 400 g/mol. The molecule has 1 aliphatic rings. The number of amides is 2. The number of nitro benzene ring substituents is 1. The first-order valence-corrected chi connectivity index (χ1v) is 8.99. The Morgan fingerprint density at radius 1 is 1.21 bits per heavy atom. The Morgan fingerprint density at radius 2 is 1.86 bits per heavy atom. The van der Waals surface area contributed by atoms with E-state index in [2.05, 4.69) is 5.32 Å². The molecule has 2 heterocycles. The van der Waals surface area contributed by atoms with Crippen molar-refractivity contribution in [2.45, 2.75) is 26.7 Å². The van der Waals surface area contributed by atoms with Crippen LogP contribution in [0.2, 0.25) is 0 Å². The largest absolute Gasteiger partial charge is 0.444 e. The lowest BCUT2D eigenvalue weighted by Gasteiger charge is -2.17. The van der Waals surface area contributed by atoms with E-state index in [1.165, 1.54) is 32.0 Å². The van der Waals surface area contributed by atoms with Crippen LogP contribution in [0.3, 0.4) is 0 Å². The summed E-state index contributed by atoms with van der Waals surface area (Å²) < 4.78 is 5.35. The number of primary amides is 1. The van der Waals surface area contributed by atoms with Crippen LogP contribution < -0.4 is 16.0 Å². The standard InChI is InChI=1S/C19H20N4O6/c1-10(24)15-11(2)29-19(16(15)17(20)25)21-18(26)12-5-6-13(14(9-12)23(27)28)22-7-3-4-8-22/h5-6,9H,3-4,7-8H2,1-2H3,(H2,20,25)(H,21,26). The van der Waals surface area contributed by atoms with Gasteiger partial charge in [0.25, 0.3) is 17.5 Å². The fourth-order valence-corrected chi connectivity index (χ4v) is 3.50. The van der Waals surface area contributed by atoms with Crippen LogP contribution in [0.15, 0.2) is 22.6 Å². The molecule has 3 rings (SSSR count). The molecule has 0 saturated carbocycles. The summed E-state index contributed by atoms with van der Waals surface area (Å²) in [4.78, 5) is 49.1. The number of benzene rings is 1. The number of nitrogens with one attached hydrogen (secondary N) is 1. The van der Waals surface area contributed by atoms with Crippen molar-refractivity contribution in [1.29, 1.82) is 0 Å². The highest BCUT2D eigenvalue weighted by Crippen LogP contribution is 2.32. The van der Waals surface area contributed by atoms with E-state index >= 15 is 0 Å². The zero-order valence-corrected chi connectivity index (χ0v) is 16.0. The van der Waals surface area contributed by atoms with Gasteiger partial charge in [-0.25, -0.2) is 0 Å². The second-order valence-electron chi connectivity index (χ2n) is 6.77. The minimum Gasteiger partial charge on any atom is -0.444 e. The Kier molecular flexibility index (Phi) is 5.35. The van der Waals surface area contributed by atoms with Crippen LogP contribution in [0.4, 0.5) is 17.3 Å². The van der Waals surface area contributed by atoms with E-state index in [0.717, 1.165) is 12.8 Å². The van der Waals surface area contributed by atoms with Crippen molar-refractivity contribution in [3.05, 3.63) is 50.8 Å². The first-order chi connectivity index (χ1) is 13.7. The first kappa shape index (κ1) is 20.1. The second kappa shape index (κ2) is 7.74. The number of nitrogens with zero attached hydrogens (tertiary/aromatic N) is 2. The molecule has 0 aliphatic carbocycles. The molecule has 0 bridgehead atoms. The summed E-state index contributed by atoms with van der Waals surface area (Å²) in [5, 5.41) is 13.9. The van der Waals surface area contributed by atoms with Crippen LogP contribution in [0.1, 0.15) is 56.6 Å². The number of nitro groups is 1. The third kappa shape index (κ3) is 3.82. The Bertz CT molecular complexity index is 1020. The summed E-state index contributed by atoms with van der Waals surface area (Å²) in [6.07, 6.45) is 1.90. The maximum absolute atomic E-state index is 12.6. The number of aryl methyl sites for hydroxylation is 1. The van der Waals surface area contributed by atoms with Crippen LogP contribution in [0, 0.1) is 17.0 Å². The molecule has 1 aromatic carbocycles. The molecule has 0 unspecified atom stereocenters. The lowest BCUT2D eigenvalue weighted by Crippen LogP contribution is -2.21. The van der Waals surface area contributed by atoms with Crippen LogP contribution in [-0.4, -0.2) is 35.6 Å². The molecule has 2 aromatic rings. The maximum Gasteiger partial charge on any atom is 0.293 e. The fraction of sp³-hybridized carbons (Fsp3) is 0.316. The van der Waals surface area contributed by atoms with Gasteiger partial charge in [0.2, 0.25) is 5.88 Å². The predicted octanol–water partition coefficient (Wildman–Crippen LogP) is 2.65. The van der Waals surface area contributed by atoms with Crippen molar-refractivity contribution < 1.29 is 23.7 Å². The number of anilines is 2. The summed E-state index contributed by atoms with van der Waals surface area (Å²) in [6, 6.07) is 4.16. The molecule has 2 amide bonds. The van der Waals surface area contributed by atoms with Gasteiger partial charge in [-0.3, -0.25) is 29.8 Å². The van der Waals surface area contributed by atoms with E-state index in [0.29, 0.717) is 18.8 Å². The topological polar surface area (TPSA) is 149 Å². The molecule has 0 radical (unpaired) electrons. The lowest BCUT2D eigenvalue weighted by molar-refractivity contribution is -0.384. The molecule has 10 nitrogen and oxygen atoms in total. The second-order valence-corrected chi connectivity index (χ2v) is 6.77. The maximum atomic E-state index is 12.6. The highest BCUT2D eigenvalue weighted by atomic mass is 16.6. The Morgan fingerprint density at radius 3 is 2.41 bits per heavy atom. The van der Waals surface area contributed by atoms with Gasteiger partial charge >= 0.3 is 0 Å². The Labute approximate surface area is 165 Å². The normalized spacial score (nSPS) is 13.4. The fourth-order valence-electron chi connectivity index (χ4n) is 3.50. The number of Topliss-reactive ketones (excluding diaryl/α,β-unsaturated/α-hetero) is 1. The number of ketones is 1. The Hall–Kier alpha value is -3.69. The van der Waals surface area contributed by atoms with Crippen molar-refractivity contribution in [3.8, 4) is 0 Å². The summed E-state index contributed by atoms with van der Waals surface area (Å²) in [6.45, 7) is 4.15. The van der Waals surface area contributed by atoms with Crippen LogP contribution in [0.5, 0.6) is 0 Å². The van der Waals surface area contributed by atoms with E-state index in [1.807, 2.05) is 4.90 Å². The summed E-state index contributed by atoms with van der Waals surface area (Å²) >= 11 is 0. The van der Waals surface area contributed by atoms with E-state index in [9.17, 15) is 24.5 Å². The molecule has 1 fully saturated rings. The zero-order chi connectivity index (χ0) is 21.3. The van der Waals surface area contributed by atoms with Gasteiger partial charge in [0.05, 0.1) is 10.5 Å². The molecule has 29 heavy (non-hydrogen) atoms. The Balaban J connectivity index is 1.95. The van der Waals surface area contributed by atoms with Crippen molar-refractivity contribution in [1.82, 2.24) is 0 Å². The van der Waals surface area contributed by atoms with Gasteiger partial charge in [-0.15, -0.1) is 0 Å². The number of hydrogen-bond donors (Lipinski definition) is 2. The highest BCUT2D eigenvalue weighted by Gasteiger charge is 2.28. The minimum atomic E-state index is -0.933. The van der Waals surface area contributed by atoms with Crippen molar-refractivity contribution in [2.75, 3.05) is 23.3 Å². The lowest BCUT2D eigenvalue weighted by atomic mass is 10.1. The molecule has 3 N–H and O–H groups in total. The van der Waals surface area contributed by atoms with E-state index in [4.69, 9.17) is 10.2 Å². The smallest absolute Gasteiger partial charge is 0.293 e. The SMILES string of the molecule is CC(=O)c1c(C)oc(NC(=O)c2ccc(N3CCCC3)c([N+](=O)[O-])c2)c1C(N)=O. The van der Waals surface area contributed by atoms with E-state index in [-0.39, 0.29) is 34.0 Å². The van der Waals surface area contributed by atoms with Crippen LogP contribution in [-0.2, 0) is 0 Å². The van der Waals surface area contributed by atoms with Gasteiger partial charge in [-0.2, -0.15) is 0 Å². The molecule has 1 aliphatic heterocycles. The van der Waals surface area contributed by atoms with Gasteiger partial charge in [0.1, 0.15) is 17.0 Å². The molecule has 152 valence electrons. The molecule has 1 aromatic heterocycles. The number of nitrogens with two attached hydrogens (primary N) is 1. The number of carbonyl (C=O) groups excluding carboxylic acids is 3. The molecule has 1 saturated heterocycles. The summed E-state index contributed by atoms with van der Waals surface area (Å²) in [5.41, 5.74) is 5.37. The quantitative estimate of drug-likeness (QED) is 0.430. The van der Waals surface area contributed by atoms with Gasteiger partial charge in [-0.05, 0) is 38.8 Å². The van der Waals surface area contributed by atoms with E-state index < -0.39 is 22.5 Å². The number of furan rings is 1. The minimum absolute atomic E-state index is 0.00787.